The first-order chi connectivity index (χ1) is 12.5. The number of fused-ring (bicyclic) bond motifs is 3. The highest BCUT2D eigenvalue weighted by Gasteiger charge is 2.33. The number of nitrogens with zero attached hydrogens (tertiary/aromatic N) is 2. The van der Waals surface area contributed by atoms with Gasteiger partial charge in [-0.05, 0) is 19.1 Å². The number of hydrogen-bond acceptors (Lipinski definition) is 6. The molecule has 0 aliphatic carbocycles. The fraction of sp³-hybridized carbons (Fsp3) is 0.412. The van der Waals surface area contributed by atoms with Crippen molar-refractivity contribution in [3.63, 3.8) is 0 Å². The summed E-state index contributed by atoms with van der Waals surface area (Å²) in [5.41, 5.74) is 0.181. The largest absolute Gasteiger partial charge is 0.477 e. The molecule has 2 aliphatic heterocycles. The molecule has 0 radical (unpaired) electrons. The molecule has 1 aromatic carbocycles. The first-order valence-corrected chi connectivity index (χ1v) is 9.09. The highest BCUT2D eigenvalue weighted by atomic mass is 32.2. The molecular formula is C17H20FN3O4S. The first-order valence-electron chi connectivity index (χ1n) is 8.21. The third-order valence-electron chi connectivity index (χ3n) is 4.55. The van der Waals surface area contributed by atoms with E-state index in [1.54, 1.807) is 6.07 Å². The molecule has 1 atom stereocenters. The van der Waals surface area contributed by atoms with E-state index in [4.69, 9.17) is 5.11 Å². The molecule has 2 aliphatic rings. The summed E-state index contributed by atoms with van der Waals surface area (Å²) in [4.78, 5) is 25.9. The standard InChI is InChI=1S/C16H16FN3O3S.CH4O/c1-8-20-11-7-12(19-4-2-18-3-5-19)10(17)6-9(11)14(21)13(16(22)23)15(20)24-8;1-2/h6-8,18H,2-5H2,1H3,(H,22,23);2H,1H3. The van der Waals surface area contributed by atoms with Crippen molar-refractivity contribution in [1.82, 2.24) is 9.88 Å². The average Bonchev–Trinajstić information content (AvgIpc) is 2.63. The Labute approximate surface area is 153 Å². The van der Waals surface area contributed by atoms with Gasteiger partial charge in [0.15, 0.2) is 0 Å². The van der Waals surface area contributed by atoms with Crippen molar-refractivity contribution in [2.45, 2.75) is 17.3 Å². The van der Waals surface area contributed by atoms with Crippen LogP contribution in [0.3, 0.4) is 0 Å². The van der Waals surface area contributed by atoms with Crippen LogP contribution in [0.1, 0.15) is 22.7 Å². The quantitative estimate of drug-likeness (QED) is 0.725. The fourth-order valence-electron chi connectivity index (χ4n) is 3.37. The van der Waals surface area contributed by atoms with Gasteiger partial charge in [0.1, 0.15) is 11.4 Å². The fourth-order valence-corrected chi connectivity index (χ4v) is 4.53. The summed E-state index contributed by atoms with van der Waals surface area (Å²) in [5, 5.41) is 20.2. The van der Waals surface area contributed by atoms with E-state index in [2.05, 4.69) is 5.32 Å². The number of aromatic nitrogens is 1. The third kappa shape index (κ3) is 2.85. The smallest absolute Gasteiger partial charge is 0.342 e. The summed E-state index contributed by atoms with van der Waals surface area (Å²) < 4.78 is 16.4. The summed E-state index contributed by atoms with van der Waals surface area (Å²) in [6.45, 7) is 4.87. The van der Waals surface area contributed by atoms with Crippen molar-refractivity contribution in [2.24, 2.45) is 0 Å². The predicted octanol–water partition coefficient (Wildman–Crippen LogP) is 1.48. The van der Waals surface area contributed by atoms with Gasteiger partial charge in [0.2, 0.25) is 5.43 Å². The molecule has 2 aromatic rings. The van der Waals surface area contributed by atoms with Crippen molar-refractivity contribution in [3.05, 3.63) is 33.7 Å². The van der Waals surface area contributed by atoms with Gasteiger partial charge in [0, 0.05) is 38.7 Å². The number of thioether (sulfide) groups is 1. The van der Waals surface area contributed by atoms with Gasteiger partial charge in [0.05, 0.1) is 21.6 Å². The molecule has 1 fully saturated rings. The number of hydrogen-bond donors (Lipinski definition) is 3. The summed E-state index contributed by atoms with van der Waals surface area (Å²) in [6, 6.07) is 2.87. The molecule has 140 valence electrons. The molecule has 0 spiro atoms. The number of carboxylic acid groups (broad SMARTS) is 1. The van der Waals surface area contributed by atoms with Crippen LogP contribution in [0.2, 0.25) is 0 Å². The van der Waals surface area contributed by atoms with Crippen LogP contribution in [-0.4, -0.2) is 54.0 Å². The molecule has 1 aromatic heterocycles. The summed E-state index contributed by atoms with van der Waals surface area (Å²) >= 11 is 1.35. The Hall–Kier alpha value is -2.10. The molecule has 4 rings (SSSR count). The monoisotopic (exact) mass is 381 g/mol. The van der Waals surface area contributed by atoms with Gasteiger partial charge in [0.25, 0.3) is 0 Å². The predicted molar refractivity (Wildman–Crippen MR) is 98.9 cm³/mol. The lowest BCUT2D eigenvalue weighted by Gasteiger charge is -2.34. The van der Waals surface area contributed by atoms with Crippen molar-refractivity contribution < 1.29 is 19.4 Å². The van der Waals surface area contributed by atoms with Crippen molar-refractivity contribution in [1.29, 1.82) is 0 Å². The number of pyridine rings is 1. The number of aliphatic hydroxyl groups excluding tert-OH is 1. The number of benzene rings is 1. The Kier molecular flexibility index (Phi) is 5.22. The first kappa shape index (κ1) is 18.7. The van der Waals surface area contributed by atoms with Gasteiger partial charge in [-0.1, -0.05) is 11.8 Å². The van der Waals surface area contributed by atoms with E-state index in [0.29, 0.717) is 29.3 Å². The lowest BCUT2D eigenvalue weighted by Crippen LogP contribution is -2.44. The summed E-state index contributed by atoms with van der Waals surface area (Å²) in [7, 11) is 1.00. The van der Waals surface area contributed by atoms with E-state index < -0.39 is 17.2 Å². The van der Waals surface area contributed by atoms with Crippen molar-refractivity contribution >= 4 is 34.3 Å². The van der Waals surface area contributed by atoms with E-state index in [1.165, 1.54) is 17.8 Å². The maximum Gasteiger partial charge on any atom is 0.342 e. The van der Waals surface area contributed by atoms with Crippen LogP contribution in [0.15, 0.2) is 22.0 Å². The summed E-state index contributed by atoms with van der Waals surface area (Å²) in [5.74, 6) is -1.75. The number of aromatic carboxylic acids is 1. The highest BCUT2D eigenvalue weighted by Crippen LogP contribution is 2.46. The zero-order valence-corrected chi connectivity index (χ0v) is 15.3. The van der Waals surface area contributed by atoms with E-state index in [0.717, 1.165) is 20.2 Å². The van der Waals surface area contributed by atoms with Crippen LogP contribution >= 0.6 is 11.8 Å². The summed E-state index contributed by atoms with van der Waals surface area (Å²) in [6.07, 6.45) is 0. The minimum atomic E-state index is -1.27. The second kappa shape index (κ2) is 7.26. The van der Waals surface area contributed by atoms with Crippen LogP contribution in [0.25, 0.3) is 10.9 Å². The third-order valence-corrected chi connectivity index (χ3v) is 5.72. The van der Waals surface area contributed by atoms with Crippen LogP contribution in [-0.2, 0) is 0 Å². The minimum absolute atomic E-state index is 0.0162. The maximum absolute atomic E-state index is 14.6. The Morgan fingerprint density at radius 3 is 2.54 bits per heavy atom. The topological polar surface area (TPSA) is 94.8 Å². The van der Waals surface area contributed by atoms with E-state index in [1.807, 2.05) is 16.4 Å². The van der Waals surface area contributed by atoms with Gasteiger partial charge in [-0.3, -0.25) is 4.79 Å². The molecule has 3 heterocycles. The molecule has 0 bridgehead atoms. The molecule has 0 saturated carbocycles. The average molecular weight is 381 g/mol. The van der Waals surface area contributed by atoms with Crippen molar-refractivity contribution in [2.75, 3.05) is 38.2 Å². The number of anilines is 1. The van der Waals surface area contributed by atoms with Crippen LogP contribution in [0.5, 0.6) is 0 Å². The zero-order chi connectivity index (χ0) is 19.0. The number of carboxylic acids is 1. The van der Waals surface area contributed by atoms with Crippen LogP contribution in [0, 0.1) is 5.82 Å². The Bertz CT molecular complexity index is 925. The van der Waals surface area contributed by atoms with Crippen molar-refractivity contribution in [3.8, 4) is 0 Å². The van der Waals surface area contributed by atoms with Gasteiger partial charge in [-0.2, -0.15) is 0 Å². The molecule has 26 heavy (non-hydrogen) atoms. The lowest BCUT2D eigenvalue weighted by molar-refractivity contribution is 0.0689. The highest BCUT2D eigenvalue weighted by molar-refractivity contribution is 8.00. The molecule has 3 N–H and O–H groups in total. The zero-order valence-electron chi connectivity index (χ0n) is 14.5. The second-order valence-electron chi connectivity index (χ2n) is 5.96. The van der Waals surface area contributed by atoms with E-state index in [9.17, 15) is 19.1 Å². The van der Waals surface area contributed by atoms with E-state index >= 15 is 0 Å². The van der Waals surface area contributed by atoms with Gasteiger partial charge in [-0.15, -0.1) is 0 Å². The number of carbonyl (C=O) groups is 1. The molecule has 0 amide bonds. The molecule has 1 unspecified atom stereocenters. The Morgan fingerprint density at radius 2 is 1.96 bits per heavy atom. The van der Waals surface area contributed by atoms with E-state index in [-0.39, 0.29) is 16.3 Å². The van der Waals surface area contributed by atoms with Crippen LogP contribution < -0.4 is 15.6 Å². The lowest BCUT2D eigenvalue weighted by atomic mass is 10.1. The minimum Gasteiger partial charge on any atom is -0.477 e. The number of aliphatic hydroxyl groups is 1. The number of piperazine rings is 1. The normalized spacial score (nSPS) is 18.6. The number of rotatable bonds is 2. The Morgan fingerprint density at radius 1 is 1.31 bits per heavy atom. The number of nitrogens with one attached hydrogen (secondary N) is 1. The van der Waals surface area contributed by atoms with Gasteiger partial charge < -0.3 is 25.0 Å². The molecule has 1 saturated heterocycles. The SMILES string of the molecule is CC1Sc2c(C(=O)O)c(=O)c3cc(F)c(N4CCNCC4)cc3n21.CO. The molecule has 7 nitrogen and oxygen atoms in total. The Balaban J connectivity index is 0.000000948. The second-order valence-corrected chi connectivity index (χ2v) is 7.26. The maximum atomic E-state index is 14.6. The molecular weight excluding hydrogens is 361 g/mol. The van der Waals surface area contributed by atoms with Gasteiger partial charge >= 0.3 is 5.97 Å². The molecule has 9 heteroatoms. The number of halogens is 1. The van der Waals surface area contributed by atoms with Crippen LogP contribution in [0.4, 0.5) is 10.1 Å². The van der Waals surface area contributed by atoms with Gasteiger partial charge in [-0.25, -0.2) is 9.18 Å².